The van der Waals surface area contributed by atoms with Crippen LogP contribution in [0.5, 0.6) is 5.75 Å². The van der Waals surface area contributed by atoms with Crippen molar-refractivity contribution in [2.45, 2.75) is 32.2 Å². The Morgan fingerprint density at radius 3 is 2.68 bits per heavy atom. The van der Waals surface area contributed by atoms with E-state index in [1.165, 1.54) is 16.3 Å². The zero-order chi connectivity index (χ0) is 19.1. The van der Waals surface area contributed by atoms with Crippen LogP contribution in [-0.2, 0) is 16.1 Å². The van der Waals surface area contributed by atoms with Gasteiger partial charge in [0.05, 0.1) is 6.61 Å². The van der Waals surface area contributed by atoms with E-state index >= 15 is 0 Å². The third kappa shape index (κ3) is 2.92. The van der Waals surface area contributed by atoms with Gasteiger partial charge in [0.2, 0.25) is 12.2 Å². The lowest BCUT2D eigenvalue weighted by Crippen LogP contribution is -2.50. The Bertz CT molecular complexity index is 1050. The molecule has 0 saturated carbocycles. The van der Waals surface area contributed by atoms with Gasteiger partial charge in [-0.25, -0.2) is 0 Å². The minimum Gasteiger partial charge on any atom is -0.462 e. The van der Waals surface area contributed by atoms with Crippen molar-refractivity contribution in [2.75, 3.05) is 13.1 Å². The summed E-state index contributed by atoms with van der Waals surface area (Å²) in [5.74, 6) is 0.289. The van der Waals surface area contributed by atoms with Crippen LogP contribution in [0.1, 0.15) is 24.1 Å². The molecule has 0 aliphatic carbocycles. The number of nitrogens with zero attached hydrogens (tertiary/aromatic N) is 2. The van der Waals surface area contributed by atoms with Gasteiger partial charge in [0.25, 0.3) is 0 Å². The van der Waals surface area contributed by atoms with Gasteiger partial charge in [-0.3, -0.25) is 9.78 Å². The number of piperidine rings is 1. The fraction of sp³-hybridized carbons (Fsp3) is 0.304. The van der Waals surface area contributed by atoms with Gasteiger partial charge in [-0.2, -0.15) is 0 Å². The molecule has 5 heteroatoms. The van der Waals surface area contributed by atoms with E-state index in [-0.39, 0.29) is 0 Å². The topological polar surface area (TPSA) is 51.7 Å². The van der Waals surface area contributed by atoms with Crippen molar-refractivity contribution in [3.05, 3.63) is 59.9 Å². The highest BCUT2D eigenvalue weighted by Crippen LogP contribution is 2.39. The molecule has 1 saturated heterocycles. The van der Waals surface area contributed by atoms with E-state index in [1.54, 1.807) is 4.90 Å². The predicted molar refractivity (Wildman–Crippen MR) is 107 cm³/mol. The Balaban J connectivity index is 1.42. The van der Waals surface area contributed by atoms with Crippen LogP contribution >= 0.6 is 0 Å². The summed E-state index contributed by atoms with van der Waals surface area (Å²) in [6.07, 6.45) is 4.15. The molecular formula is C23H22N2O3. The molecular weight excluding hydrogens is 352 g/mol. The van der Waals surface area contributed by atoms with Gasteiger partial charge in [-0.15, -0.1) is 0 Å². The Kier molecular flexibility index (Phi) is 4.05. The van der Waals surface area contributed by atoms with Crippen LogP contribution in [0.25, 0.3) is 21.9 Å². The molecule has 0 atom stereocenters. The summed E-state index contributed by atoms with van der Waals surface area (Å²) >= 11 is 0. The number of benzene rings is 2. The van der Waals surface area contributed by atoms with E-state index in [9.17, 15) is 4.79 Å². The van der Waals surface area contributed by atoms with E-state index in [1.807, 2.05) is 25.3 Å². The number of fused-ring (bicyclic) bond motifs is 2. The fourth-order valence-corrected chi connectivity index (χ4v) is 4.14. The van der Waals surface area contributed by atoms with Crippen LogP contribution in [-0.4, -0.2) is 35.2 Å². The number of hydrogen-bond donors (Lipinski definition) is 0. The first-order valence-electron chi connectivity index (χ1n) is 9.67. The monoisotopic (exact) mass is 374 g/mol. The summed E-state index contributed by atoms with van der Waals surface area (Å²) in [4.78, 5) is 17.1. The third-order valence-electron chi connectivity index (χ3n) is 5.85. The Morgan fingerprint density at radius 1 is 1.07 bits per heavy atom. The maximum Gasteiger partial charge on any atom is 0.214 e. The summed E-state index contributed by atoms with van der Waals surface area (Å²) < 4.78 is 12.4. The van der Waals surface area contributed by atoms with Gasteiger partial charge in [0.1, 0.15) is 5.75 Å². The molecule has 3 heterocycles. The maximum absolute atomic E-state index is 10.9. The molecule has 2 aromatic carbocycles. The fourth-order valence-electron chi connectivity index (χ4n) is 4.14. The first-order valence-corrected chi connectivity index (χ1v) is 9.67. The quantitative estimate of drug-likeness (QED) is 0.635. The van der Waals surface area contributed by atoms with Crippen molar-refractivity contribution in [1.82, 2.24) is 9.88 Å². The minimum atomic E-state index is -0.596. The number of ether oxygens (including phenoxy) is 2. The highest BCUT2D eigenvalue weighted by Gasteiger charge is 2.40. The summed E-state index contributed by atoms with van der Waals surface area (Å²) in [5, 5.41) is 2.37. The van der Waals surface area contributed by atoms with Crippen LogP contribution in [0.15, 0.2) is 48.7 Å². The lowest BCUT2D eigenvalue weighted by molar-refractivity contribution is -0.226. The molecule has 1 aromatic heterocycles. The third-order valence-corrected chi connectivity index (χ3v) is 5.85. The molecule has 1 fully saturated rings. The second-order valence-corrected chi connectivity index (χ2v) is 7.60. The number of aromatic nitrogens is 1. The van der Waals surface area contributed by atoms with Crippen molar-refractivity contribution >= 4 is 17.2 Å². The lowest BCUT2D eigenvalue weighted by Gasteiger charge is -2.43. The molecule has 2 aliphatic rings. The summed E-state index contributed by atoms with van der Waals surface area (Å²) in [7, 11) is 0. The van der Waals surface area contributed by atoms with Crippen LogP contribution in [0.3, 0.4) is 0 Å². The van der Waals surface area contributed by atoms with Gasteiger partial charge in [0.15, 0.2) is 0 Å². The van der Waals surface area contributed by atoms with Gasteiger partial charge >= 0.3 is 0 Å². The Labute approximate surface area is 163 Å². The van der Waals surface area contributed by atoms with E-state index in [0.717, 1.165) is 29.0 Å². The van der Waals surface area contributed by atoms with Crippen LogP contribution in [0.2, 0.25) is 0 Å². The second-order valence-electron chi connectivity index (χ2n) is 7.60. The molecule has 1 amide bonds. The van der Waals surface area contributed by atoms with Crippen LogP contribution < -0.4 is 4.74 Å². The number of amides is 1. The molecule has 28 heavy (non-hydrogen) atoms. The standard InChI is InChI=1S/C23H22N2O3/c1-16-21-4-2-17(12-19(21)6-9-24-16)18-3-5-22-20(13-18)14-27-23(28-22)7-10-25(15-26)11-8-23/h2-6,9,12-13,15H,7-8,10-11,14H2,1H3. The van der Waals surface area contributed by atoms with Gasteiger partial charge < -0.3 is 14.4 Å². The molecule has 142 valence electrons. The first-order chi connectivity index (χ1) is 13.7. The van der Waals surface area contributed by atoms with Crippen molar-refractivity contribution < 1.29 is 14.3 Å². The minimum absolute atomic E-state index is 0.529. The molecule has 5 nitrogen and oxygen atoms in total. The number of pyridine rings is 1. The van der Waals surface area contributed by atoms with Crippen LogP contribution in [0.4, 0.5) is 0 Å². The number of carbonyl (C=O) groups is 1. The van der Waals surface area contributed by atoms with Crippen molar-refractivity contribution in [1.29, 1.82) is 0 Å². The molecule has 1 spiro atoms. The normalized spacial score (nSPS) is 18.0. The first kappa shape index (κ1) is 17.2. The number of aryl methyl sites for hydroxylation is 1. The SMILES string of the molecule is Cc1nccc2cc(-c3ccc4c(c3)COC3(CCN(C=O)CC3)O4)ccc12. The van der Waals surface area contributed by atoms with Crippen LogP contribution in [0, 0.1) is 6.92 Å². The summed E-state index contributed by atoms with van der Waals surface area (Å²) in [6.45, 7) is 3.90. The number of likely N-dealkylation sites (tertiary alicyclic amines) is 1. The largest absolute Gasteiger partial charge is 0.462 e. The molecule has 0 radical (unpaired) electrons. The lowest BCUT2D eigenvalue weighted by atomic mass is 9.97. The molecule has 5 rings (SSSR count). The second kappa shape index (κ2) is 6.60. The molecule has 3 aromatic rings. The molecule has 2 aliphatic heterocycles. The summed E-state index contributed by atoms with van der Waals surface area (Å²) in [5.41, 5.74) is 4.42. The number of hydrogen-bond acceptors (Lipinski definition) is 4. The smallest absolute Gasteiger partial charge is 0.214 e. The van der Waals surface area contributed by atoms with Gasteiger partial charge in [-0.05, 0) is 47.7 Å². The average molecular weight is 374 g/mol. The highest BCUT2D eigenvalue weighted by molar-refractivity contribution is 5.88. The highest BCUT2D eigenvalue weighted by atomic mass is 16.7. The predicted octanol–water partition coefficient (Wildman–Crippen LogP) is 4.07. The maximum atomic E-state index is 10.9. The van der Waals surface area contributed by atoms with E-state index < -0.39 is 5.79 Å². The van der Waals surface area contributed by atoms with E-state index in [2.05, 4.69) is 35.3 Å². The van der Waals surface area contributed by atoms with E-state index in [4.69, 9.17) is 9.47 Å². The molecule has 0 bridgehead atoms. The Hall–Kier alpha value is -2.92. The zero-order valence-electron chi connectivity index (χ0n) is 15.9. The Morgan fingerprint density at radius 2 is 1.86 bits per heavy atom. The average Bonchev–Trinajstić information content (AvgIpc) is 2.74. The van der Waals surface area contributed by atoms with Crippen molar-refractivity contribution in [3.63, 3.8) is 0 Å². The van der Waals surface area contributed by atoms with Gasteiger partial charge in [0, 0.05) is 48.8 Å². The number of rotatable bonds is 2. The molecule has 0 N–H and O–H groups in total. The van der Waals surface area contributed by atoms with Gasteiger partial charge in [-0.1, -0.05) is 18.2 Å². The number of carbonyl (C=O) groups excluding carboxylic acids is 1. The summed E-state index contributed by atoms with van der Waals surface area (Å²) in [6, 6.07) is 14.8. The van der Waals surface area contributed by atoms with Crippen molar-refractivity contribution in [2.24, 2.45) is 0 Å². The molecule has 0 unspecified atom stereocenters. The zero-order valence-corrected chi connectivity index (χ0v) is 15.9. The van der Waals surface area contributed by atoms with E-state index in [0.29, 0.717) is 32.5 Å². The van der Waals surface area contributed by atoms with Crippen molar-refractivity contribution in [3.8, 4) is 16.9 Å².